The fraction of sp³-hybridized carbons (Fsp3) is 0.278. The molecule has 0 unspecified atom stereocenters. The van der Waals surface area contributed by atoms with Gasteiger partial charge in [0.25, 0.3) is 0 Å². The Morgan fingerprint density at radius 1 is 1.29 bits per heavy atom. The highest BCUT2D eigenvalue weighted by Crippen LogP contribution is 2.37. The fourth-order valence-corrected chi connectivity index (χ4v) is 3.07. The van der Waals surface area contributed by atoms with Crippen molar-refractivity contribution in [3.63, 3.8) is 0 Å². The minimum absolute atomic E-state index is 0.206. The van der Waals surface area contributed by atoms with Gasteiger partial charge in [-0.1, -0.05) is 19.9 Å². The molecule has 1 aliphatic heterocycles. The summed E-state index contributed by atoms with van der Waals surface area (Å²) in [6.07, 6.45) is 8.38. The minimum Gasteiger partial charge on any atom is -0.506 e. The Bertz CT molecular complexity index is 679. The van der Waals surface area contributed by atoms with E-state index in [4.69, 9.17) is 0 Å². The molecule has 2 heterocycles. The van der Waals surface area contributed by atoms with Crippen LogP contribution >= 0.6 is 0 Å². The van der Waals surface area contributed by atoms with Crippen LogP contribution in [0.4, 0.5) is 5.69 Å². The second-order valence-electron chi connectivity index (χ2n) is 5.45. The second kappa shape index (κ2) is 5.60. The van der Waals surface area contributed by atoms with E-state index in [-0.39, 0.29) is 5.75 Å². The van der Waals surface area contributed by atoms with Crippen LogP contribution in [0.2, 0.25) is 0 Å². The molecular formula is C18H20N2O. The third-order valence-electron chi connectivity index (χ3n) is 3.97. The van der Waals surface area contributed by atoms with Crippen molar-refractivity contribution in [2.75, 3.05) is 11.4 Å². The Morgan fingerprint density at radius 2 is 2.14 bits per heavy atom. The maximum absolute atomic E-state index is 9.64. The first-order chi connectivity index (χ1) is 10.2. The van der Waals surface area contributed by atoms with Crippen LogP contribution in [0.5, 0.6) is 5.75 Å². The van der Waals surface area contributed by atoms with Gasteiger partial charge in [0.15, 0.2) is 0 Å². The highest BCUT2D eigenvalue weighted by Gasteiger charge is 2.21. The first-order valence-electron chi connectivity index (χ1n) is 7.42. The lowest BCUT2D eigenvalue weighted by atomic mass is 9.96. The number of pyridine rings is 1. The summed E-state index contributed by atoms with van der Waals surface area (Å²) in [5, 5.41) is 9.64. The molecule has 1 aliphatic rings. The van der Waals surface area contributed by atoms with Crippen LogP contribution < -0.4 is 4.90 Å². The molecular weight excluding hydrogens is 260 g/mol. The van der Waals surface area contributed by atoms with E-state index in [1.54, 1.807) is 12.3 Å². The third-order valence-corrected chi connectivity index (χ3v) is 3.97. The summed E-state index contributed by atoms with van der Waals surface area (Å²) in [6.45, 7) is 7.11. The maximum atomic E-state index is 9.64. The van der Waals surface area contributed by atoms with E-state index >= 15 is 0 Å². The summed E-state index contributed by atoms with van der Waals surface area (Å²) < 4.78 is 0. The van der Waals surface area contributed by atoms with Crippen LogP contribution in [0.25, 0.3) is 11.1 Å². The number of anilines is 1. The Hall–Kier alpha value is -2.29. The zero-order valence-electron chi connectivity index (χ0n) is 12.3. The summed E-state index contributed by atoms with van der Waals surface area (Å²) in [5.41, 5.74) is 6.13. The number of fused-ring (bicyclic) bond motifs is 1. The molecule has 0 saturated heterocycles. The smallest absolute Gasteiger partial charge is 0.134 e. The standard InChI is InChI=1S/C18H20N2O/c1-3-5-13-8-15(16-10-17(21)12-19-11-16)9-14-6-7-20(4-2)18(13)14/h4,8-12,21H,2-3,5-7H2,1H3. The largest absolute Gasteiger partial charge is 0.506 e. The molecule has 0 atom stereocenters. The lowest BCUT2D eigenvalue weighted by Gasteiger charge is -2.18. The fourth-order valence-electron chi connectivity index (χ4n) is 3.07. The maximum Gasteiger partial charge on any atom is 0.134 e. The van der Waals surface area contributed by atoms with Crippen molar-refractivity contribution in [1.29, 1.82) is 0 Å². The quantitative estimate of drug-likeness (QED) is 0.922. The average Bonchev–Trinajstić information content (AvgIpc) is 2.91. The Labute approximate surface area is 125 Å². The van der Waals surface area contributed by atoms with E-state index in [2.05, 4.69) is 35.5 Å². The lowest BCUT2D eigenvalue weighted by Crippen LogP contribution is -2.12. The number of aryl methyl sites for hydroxylation is 1. The number of hydrogen-bond acceptors (Lipinski definition) is 3. The molecule has 0 fully saturated rings. The van der Waals surface area contributed by atoms with Crippen LogP contribution in [0.1, 0.15) is 24.5 Å². The average molecular weight is 280 g/mol. The van der Waals surface area contributed by atoms with E-state index < -0.39 is 0 Å². The van der Waals surface area contributed by atoms with Gasteiger partial charge in [-0.05, 0) is 53.9 Å². The molecule has 0 radical (unpaired) electrons. The molecule has 0 aliphatic carbocycles. The minimum atomic E-state index is 0.206. The van der Waals surface area contributed by atoms with Crippen LogP contribution in [0, 0.1) is 0 Å². The van der Waals surface area contributed by atoms with Gasteiger partial charge in [-0.15, -0.1) is 0 Å². The van der Waals surface area contributed by atoms with Crippen LogP contribution in [-0.4, -0.2) is 16.6 Å². The van der Waals surface area contributed by atoms with Crippen molar-refractivity contribution in [2.24, 2.45) is 0 Å². The van der Waals surface area contributed by atoms with Crippen molar-refractivity contribution < 1.29 is 5.11 Å². The summed E-state index contributed by atoms with van der Waals surface area (Å²) in [5.74, 6) is 0.206. The van der Waals surface area contributed by atoms with Crippen LogP contribution in [-0.2, 0) is 12.8 Å². The Kier molecular flexibility index (Phi) is 3.65. The predicted octanol–water partition coefficient (Wildman–Crippen LogP) is 3.91. The zero-order valence-corrected chi connectivity index (χ0v) is 12.3. The molecule has 0 amide bonds. The molecule has 1 aromatic carbocycles. The van der Waals surface area contributed by atoms with Crippen LogP contribution in [0.15, 0.2) is 43.4 Å². The number of nitrogens with zero attached hydrogens (tertiary/aromatic N) is 2. The molecule has 0 spiro atoms. The lowest BCUT2D eigenvalue weighted by molar-refractivity contribution is 0.473. The van der Waals surface area contributed by atoms with E-state index in [0.717, 1.165) is 36.9 Å². The van der Waals surface area contributed by atoms with Crippen molar-refractivity contribution in [1.82, 2.24) is 4.98 Å². The first kappa shape index (κ1) is 13.7. The molecule has 0 bridgehead atoms. The molecule has 21 heavy (non-hydrogen) atoms. The zero-order chi connectivity index (χ0) is 14.8. The molecule has 2 aromatic rings. The van der Waals surface area contributed by atoms with E-state index in [0.29, 0.717) is 0 Å². The van der Waals surface area contributed by atoms with Gasteiger partial charge in [-0.2, -0.15) is 0 Å². The second-order valence-corrected chi connectivity index (χ2v) is 5.45. The summed E-state index contributed by atoms with van der Waals surface area (Å²) in [4.78, 5) is 6.33. The van der Waals surface area contributed by atoms with Gasteiger partial charge in [0.1, 0.15) is 5.75 Å². The van der Waals surface area contributed by atoms with Gasteiger partial charge in [0.2, 0.25) is 0 Å². The third kappa shape index (κ3) is 2.51. The number of aromatic hydroxyl groups is 1. The highest BCUT2D eigenvalue weighted by atomic mass is 16.3. The SMILES string of the molecule is C=CN1CCc2cc(-c3cncc(O)c3)cc(CCC)c21. The molecule has 3 heteroatoms. The van der Waals surface area contributed by atoms with Crippen LogP contribution in [0.3, 0.4) is 0 Å². The van der Waals surface area contributed by atoms with Crippen molar-refractivity contribution in [3.8, 4) is 16.9 Å². The predicted molar refractivity (Wildman–Crippen MR) is 86.6 cm³/mol. The normalized spacial score (nSPS) is 13.3. The van der Waals surface area contributed by atoms with Crippen molar-refractivity contribution in [3.05, 3.63) is 54.5 Å². The number of rotatable bonds is 4. The summed E-state index contributed by atoms with van der Waals surface area (Å²) in [7, 11) is 0. The van der Waals surface area contributed by atoms with Gasteiger partial charge in [0, 0.05) is 24.0 Å². The number of benzene rings is 1. The van der Waals surface area contributed by atoms with Gasteiger partial charge in [-0.3, -0.25) is 4.98 Å². The van der Waals surface area contributed by atoms with Crippen molar-refractivity contribution in [2.45, 2.75) is 26.2 Å². The van der Waals surface area contributed by atoms with E-state index in [1.165, 1.54) is 23.0 Å². The molecule has 108 valence electrons. The number of hydrogen-bond donors (Lipinski definition) is 1. The molecule has 3 rings (SSSR count). The number of aromatic nitrogens is 1. The van der Waals surface area contributed by atoms with Crippen molar-refractivity contribution >= 4 is 5.69 Å². The Balaban J connectivity index is 2.12. The molecule has 1 N–H and O–H groups in total. The summed E-state index contributed by atoms with van der Waals surface area (Å²) >= 11 is 0. The van der Waals surface area contributed by atoms with E-state index in [9.17, 15) is 5.11 Å². The first-order valence-corrected chi connectivity index (χ1v) is 7.42. The van der Waals surface area contributed by atoms with E-state index in [1.807, 2.05) is 6.20 Å². The molecule has 0 saturated carbocycles. The molecule has 3 nitrogen and oxygen atoms in total. The molecule has 1 aromatic heterocycles. The van der Waals surface area contributed by atoms with Gasteiger partial charge >= 0.3 is 0 Å². The van der Waals surface area contributed by atoms with Gasteiger partial charge in [-0.25, -0.2) is 0 Å². The topological polar surface area (TPSA) is 36.4 Å². The van der Waals surface area contributed by atoms with Gasteiger partial charge < -0.3 is 10.0 Å². The highest BCUT2D eigenvalue weighted by molar-refractivity contribution is 5.74. The summed E-state index contributed by atoms with van der Waals surface area (Å²) in [6, 6.07) is 6.21. The monoisotopic (exact) mass is 280 g/mol. The van der Waals surface area contributed by atoms with Gasteiger partial charge in [0.05, 0.1) is 6.20 Å². The Morgan fingerprint density at radius 3 is 2.86 bits per heavy atom.